The van der Waals surface area contributed by atoms with Gasteiger partial charge in [0.2, 0.25) is 0 Å². The molecule has 0 radical (unpaired) electrons. The number of pyridine rings is 1. The van der Waals surface area contributed by atoms with Gasteiger partial charge in [0.1, 0.15) is 5.82 Å². The van der Waals surface area contributed by atoms with Crippen LogP contribution in [-0.4, -0.2) is 53.1 Å². The number of amidine groups is 1. The van der Waals surface area contributed by atoms with Crippen molar-refractivity contribution in [2.75, 3.05) is 31.1 Å². The maximum Gasteiger partial charge on any atom is 0.171 e. The molecule has 2 rings (SSSR count). The van der Waals surface area contributed by atoms with Crippen LogP contribution in [0.3, 0.4) is 0 Å². The lowest BCUT2D eigenvalue weighted by Gasteiger charge is -2.39. The zero-order valence-electron chi connectivity index (χ0n) is 11.5. The van der Waals surface area contributed by atoms with Gasteiger partial charge < -0.3 is 15.8 Å². The number of anilines is 1. The van der Waals surface area contributed by atoms with Crippen LogP contribution in [-0.2, 0) is 0 Å². The van der Waals surface area contributed by atoms with Crippen molar-refractivity contribution in [3.63, 3.8) is 0 Å². The summed E-state index contributed by atoms with van der Waals surface area (Å²) < 4.78 is 0. The summed E-state index contributed by atoms with van der Waals surface area (Å²) in [5.74, 6) is 1.03. The average Bonchev–Trinajstić information content (AvgIpc) is 2.46. The first-order valence-electron chi connectivity index (χ1n) is 6.58. The molecular weight excluding hydrogens is 242 g/mol. The molecule has 104 valence electrons. The molecule has 0 amide bonds. The number of oxime groups is 1. The number of nitrogens with zero attached hydrogens (tertiary/aromatic N) is 4. The van der Waals surface area contributed by atoms with E-state index in [0.29, 0.717) is 11.6 Å². The van der Waals surface area contributed by atoms with E-state index in [1.807, 2.05) is 12.1 Å². The van der Waals surface area contributed by atoms with Gasteiger partial charge in [-0.15, -0.1) is 0 Å². The standard InChI is InChI=1S/C13H21N5O/c1-3-17-6-7-18(9-10(17)2)12-5-4-11(8-15-12)13(14)16-19/h4-5,8,10,19H,3,6-7,9H2,1-2H3,(H2,14,16). The number of aromatic nitrogens is 1. The van der Waals surface area contributed by atoms with Crippen LogP contribution in [0.15, 0.2) is 23.5 Å². The summed E-state index contributed by atoms with van der Waals surface area (Å²) in [5.41, 5.74) is 6.15. The summed E-state index contributed by atoms with van der Waals surface area (Å²) in [6, 6.07) is 4.28. The van der Waals surface area contributed by atoms with Crippen LogP contribution in [0.2, 0.25) is 0 Å². The van der Waals surface area contributed by atoms with Crippen LogP contribution in [0.1, 0.15) is 19.4 Å². The second-order valence-electron chi connectivity index (χ2n) is 4.81. The van der Waals surface area contributed by atoms with Crippen molar-refractivity contribution >= 4 is 11.7 Å². The monoisotopic (exact) mass is 263 g/mol. The molecule has 0 saturated carbocycles. The quantitative estimate of drug-likeness (QED) is 0.363. The summed E-state index contributed by atoms with van der Waals surface area (Å²) in [5, 5.41) is 11.6. The van der Waals surface area contributed by atoms with Gasteiger partial charge in [0.05, 0.1) is 0 Å². The van der Waals surface area contributed by atoms with Crippen molar-refractivity contribution in [3.8, 4) is 0 Å². The van der Waals surface area contributed by atoms with Gasteiger partial charge in [-0.2, -0.15) is 0 Å². The van der Waals surface area contributed by atoms with Gasteiger partial charge >= 0.3 is 0 Å². The van der Waals surface area contributed by atoms with Crippen molar-refractivity contribution in [2.45, 2.75) is 19.9 Å². The van der Waals surface area contributed by atoms with Crippen LogP contribution in [0.4, 0.5) is 5.82 Å². The number of rotatable bonds is 3. The van der Waals surface area contributed by atoms with Gasteiger partial charge in [-0.1, -0.05) is 12.1 Å². The highest BCUT2D eigenvalue weighted by Crippen LogP contribution is 2.17. The lowest BCUT2D eigenvalue weighted by atomic mass is 10.2. The minimum absolute atomic E-state index is 0.0863. The van der Waals surface area contributed by atoms with Gasteiger partial charge in [-0.3, -0.25) is 4.90 Å². The maximum atomic E-state index is 8.62. The third-order valence-electron chi connectivity index (χ3n) is 3.65. The van der Waals surface area contributed by atoms with Crippen molar-refractivity contribution in [1.29, 1.82) is 0 Å². The molecule has 0 bridgehead atoms. The molecule has 19 heavy (non-hydrogen) atoms. The Hall–Kier alpha value is -1.82. The van der Waals surface area contributed by atoms with E-state index in [2.05, 4.69) is 33.8 Å². The molecule has 0 aliphatic carbocycles. The van der Waals surface area contributed by atoms with Crippen LogP contribution < -0.4 is 10.6 Å². The van der Waals surface area contributed by atoms with Crippen molar-refractivity contribution in [2.24, 2.45) is 10.9 Å². The number of likely N-dealkylation sites (N-methyl/N-ethyl adjacent to an activating group) is 1. The normalized spacial score (nSPS) is 21.7. The Bertz CT molecular complexity index is 445. The predicted octanol–water partition coefficient (Wildman–Crippen LogP) is 0.707. The second-order valence-corrected chi connectivity index (χ2v) is 4.81. The molecule has 6 nitrogen and oxygen atoms in total. The minimum Gasteiger partial charge on any atom is -0.409 e. The Balaban J connectivity index is 2.07. The van der Waals surface area contributed by atoms with E-state index in [4.69, 9.17) is 10.9 Å². The fourth-order valence-corrected chi connectivity index (χ4v) is 2.46. The number of hydrogen-bond donors (Lipinski definition) is 2. The first-order valence-corrected chi connectivity index (χ1v) is 6.58. The molecule has 1 aliphatic rings. The largest absolute Gasteiger partial charge is 0.409 e. The van der Waals surface area contributed by atoms with E-state index in [-0.39, 0.29) is 5.84 Å². The zero-order valence-corrected chi connectivity index (χ0v) is 11.5. The van der Waals surface area contributed by atoms with E-state index in [0.717, 1.165) is 32.0 Å². The molecule has 6 heteroatoms. The second kappa shape index (κ2) is 5.88. The maximum absolute atomic E-state index is 8.62. The van der Waals surface area contributed by atoms with Gasteiger partial charge in [0.15, 0.2) is 5.84 Å². The lowest BCUT2D eigenvalue weighted by molar-refractivity contribution is 0.199. The molecule has 1 saturated heterocycles. The van der Waals surface area contributed by atoms with Crippen molar-refractivity contribution < 1.29 is 5.21 Å². The molecule has 0 spiro atoms. The van der Waals surface area contributed by atoms with Crippen LogP contribution in [0.25, 0.3) is 0 Å². The highest BCUT2D eigenvalue weighted by Gasteiger charge is 2.23. The summed E-state index contributed by atoms with van der Waals surface area (Å²) >= 11 is 0. The Morgan fingerprint density at radius 1 is 1.53 bits per heavy atom. The molecule has 1 aliphatic heterocycles. The third-order valence-corrected chi connectivity index (χ3v) is 3.65. The molecule has 1 atom stereocenters. The van der Waals surface area contributed by atoms with Gasteiger partial charge in [-0.05, 0) is 25.6 Å². The highest BCUT2D eigenvalue weighted by atomic mass is 16.4. The number of nitrogens with two attached hydrogens (primary N) is 1. The number of hydrogen-bond acceptors (Lipinski definition) is 5. The van der Waals surface area contributed by atoms with Crippen molar-refractivity contribution in [3.05, 3.63) is 23.9 Å². The topological polar surface area (TPSA) is 78.0 Å². The van der Waals surface area contributed by atoms with Crippen LogP contribution in [0.5, 0.6) is 0 Å². The van der Waals surface area contributed by atoms with E-state index in [1.165, 1.54) is 0 Å². The van der Waals surface area contributed by atoms with Crippen LogP contribution in [0, 0.1) is 0 Å². The molecule has 1 aromatic rings. The SMILES string of the molecule is CCN1CCN(c2ccc(C(N)=NO)cn2)CC1C. The predicted molar refractivity (Wildman–Crippen MR) is 75.7 cm³/mol. The smallest absolute Gasteiger partial charge is 0.171 e. The Morgan fingerprint density at radius 3 is 2.84 bits per heavy atom. The van der Waals surface area contributed by atoms with Crippen LogP contribution >= 0.6 is 0 Å². The fraction of sp³-hybridized carbons (Fsp3) is 0.538. The Kier molecular flexibility index (Phi) is 4.21. The zero-order chi connectivity index (χ0) is 13.8. The van der Waals surface area contributed by atoms with E-state index in [9.17, 15) is 0 Å². The minimum atomic E-state index is 0.0863. The molecule has 1 aromatic heterocycles. The first kappa shape index (κ1) is 13.6. The molecule has 1 fully saturated rings. The highest BCUT2D eigenvalue weighted by molar-refractivity contribution is 5.96. The summed E-state index contributed by atoms with van der Waals surface area (Å²) in [4.78, 5) is 9.12. The van der Waals surface area contributed by atoms with E-state index < -0.39 is 0 Å². The summed E-state index contributed by atoms with van der Waals surface area (Å²) in [7, 11) is 0. The van der Waals surface area contributed by atoms with Gasteiger partial charge in [0, 0.05) is 37.4 Å². The third kappa shape index (κ3) is 2.96. The van der Waals surface area contributed by atoms with Crippen molar-refractivity contribution in [1.82, 2.24) is 9.88 Å². The van der Waals surface area contributed by atoms with E-state index >= 15 is 0 Å². The summed E-state index contributed by atoms with van der Waals surface area (Å²) in [6.07, 6.45) is 1.64. The first-order chi connectivity index (χ1) is 9.15. The van der Waals surface area contributed by atoms with Gasteiger partial charge in [-0.25, -0.2) is 4.98 Å². The summed E-state index contributed by atoms with van der Waals surface area (Å²) in [6.45, 7) is 8.53. The lowest BCUT2D eigenvalue weighted by Crippen LogP contribution is -2.51. The molecule has 0 aromatic carbocycles. The average molecular weight is 263 g/mol. The van der Waals surface area contributed by atoms with E-state index in [1.54, 1.807) is 6.20 Å². The molecule has 3 N–H and O–H groups in total. The molecule has 1 unspecified atom stereocenters. The Morgan fingerprint density at radius 2 is 2.32 bits per heavy atom. The fourth-order valence-electron chi connectivity index (χ4n) is 2.46. The molecule has 2 heterocycles. The van der Waals surface area contributed by atoms with Gasteiger partial charge in [0.25, 0.3) is 0 Å². The number of piperazine rings is 1. The molecular formula is C13H21N5O. The Labute approximate surface area is 113 Å².